The fourth-order valence-electron chi connectivity index (χ4n) is 1.85. The summed E-state index contributed by atoms with van der Waals surface area (Å²) >= 11 is 3.45. The van der Waals surface area contributed by atoms with Gasteiger partial charge in [0.1, 0.15) is 5.84 Å². The van der Waals surface area contributed by atoms with E-state index in [1.54, 1.807) is 0 Å². The molecule has 0 unspecified atom stereocenters. The van der Waals surface area contributed by atoms with Crippen molar-refractivity contribution in [3.05, 3.63) is 58.1 Å². The molecule has 0 radical (unpaired) electrons. The Labute approximate surface area is 121 Å². The second-order valence-electron chi connectivity index (χ2n) is 4.47. The number of hydrogen-bond donors (Lipinski definition) is 2. The van der Waals surface area contributed by atoms with Crippen LogP contribution in [0.5, 0.6) is 0 Å². The van der Waals surface area contributed by atoms with E-state index >= 15 is 0 Å². The molecule has 0 aliphatic carbocycles. The zero-order chi connectivity index (χ0) is 14.0. The summed E-state index contributed by atoms with van der Waals surface area (Å²) in [7, 11) is 2.01. The summed E-state index contributed by atoms with van der Waals surface area (Å²) in [5.74, 6) is 0.0661. The van der Waals surface area contributed by atoms with Crippen LogP contribution >= 0.6 is 15.9 Å². The summed E-state index contributed by atoms with van der Waals surface area (Å²) in [4.78, 5) is 2.09. The Bertz CT molecular complexity index is 605. The zero-order valence-corrected chi connectivity index (χ0v) is 12.5. The van der Waals surface area contributed by atoms with Crippen molar-refractivity contribution in [2.45, 2.75) is 6.92 Å². The number of amidine groups is 1. The van der Waals surface area contributed by atoms with Crippen LogP contribution in [-0.2, 0) is 0 Å². The van der Waals surface area contributed by atoms with Crippen LogP contribution in [0.1, 0.15) is 11.1 Å². The number of aryl methyl sites for hydroxylation is 1. The van der Waals surface area contributed by atoms with Crippen LogP contribution in [0.15, 0.2) is 46.9 Å². The molecule has 4 heteroatoms. The molecule has 0 fully saturated rings. The first-order valence-electron chi connectivity index (χ1n) is 5.93. The standard InChI is InChI=1S/C15H16BrN3/c1-10-3-5-11(6-4-10)19(2)12-7-8-13(15(17)18)14(16)9-12/h3-9H,1-2H3,(H3,17,18). The monoisotopic (exact) mass is 317 g/mol. The van der Waals surface area contributed by atoms with Gasteiger partial charge in [-0.2, -0.15) is 0 Å². The Morgan fingerprint density at radius 1 is 1.11 bits per heavy atom. The molecular formula is C15H16BrN3. The van der Waals surface area contributed by atoms with Gasteiger partial charge in [-0.1, -0.05) is 17.7 Å². The third kappa shape index (κ3) is 2.96. The Kier molecular flexibility index (Phi) is 3.90. The van der Waals surface area contributed by atoms with Crippen molar-refractivity contribution in [3.8, 4) is 0 Å². The number of hydrogen-bond acceptors (Lipinski definition) is 2. The lowest BCUT2D eigenvalue weighted by Gasteiger charge is -2.20. The zero-order valence-electron chi connectivity index (χ0n) is 10.9. The average molecular weight is 318 g/mol. The SMILES string of the molecule is Cc1ccc(N(C)c2ccc(C(=N)N)c(Br)c2)cc1. The van der Waals surface area contributed by atoms with Gasteiger partial charge in [0.05, 0.1) is 0 Å². The number of benzene rings is 2. The van der Waals surface area contributed by atoms with Crippen molar-refractivity contribution in [1.29, 1.82) is 5.41 Å². The van der Waals surface area contributed by atoms with E-state index in [0.717, 1.165) is 15.8 Å². The Hall–Kier alpha value is -1.81. The molecular weight excluding hydrogens is 302 g/mol. The summed E-state index contributed by atoms with van der Waals surface area (Å²) in [6.07, 6.45) is 0. The van der Waals surface area contributed by atoms with Crippen LogP contribution in [0.2, 0.25) is 0 Å². The van der Waals surface area contributed by atoms with Crippen molar-refractivity contribution in [2.24, 2.45) is 5.73 Å². The second-order valence-corrected chi connectivity index (χ2v) is 5.33. The van der Waals surface area contributed by atoms with Crippen LogP contribution in [0.25, 0.3) is 0 Å². The number of rotatable bonds is 3. The van der Waals surface area contributed by atoms with Crippen LogP contribution in [0, 0.1) is 12.3 Å². The quantitative estimate of drug-likeness (QED) is 0.668. The van der Waals surface area contributed by atoms with Gasteiger partial charge in [-0.3, -0.25) is 5.41 Å². The van der Waals surface area contributed by atoms with Gasteiger partial charge in [0.2, 0.25) is 0 Å². The van der Waals surface area contributed by atoms with Gasteiger partial charge in [-0.05, 0) is 53.2 Å². The van der Waals surface area contributed by atoms with E-state index in [1.165, 1.54) is 5.56 Å². The molecule has 3 nitrogen and oxygen atoms in total. The molecule has 0 heterocycles. The summed E-state index contributed by atoms with van der Waals surface area (Å²) in [5.41, 5.74) is 9.62. The fourth-order valence-corrected chi connectivity index (χ4v) is 2.43. The molecule has 0 amide bonds. The minimum atomic E-state index is 0.0661. The van der Waals surface area contributed by atoms with E-state index in [2.05, 4.69) is 52.0 Å². The molecule has 98 valence electrons. The molecule has 0 saturated carbocycles. The highest BCUT2D eigenvalue weighted by atomic mass is 79.9. The predicted octanol–water partition coefficient (Wildman–Crippen LogP) is 3.81. The van der Waals surface area contributed by atoms with Crippen molar-refractivity contribution in [3.63, 3.8) is 0 Å². The van der Waals surface area contributed by atoms with E-state index in [4.69, 9.17) is 11.1 Å². The molecule has 0 spiro atoms. The Balaban J connectivity index is 2.34. The number of nitrogens with two attached hydrogens (primary N) is 1. The molecule has 0 atom stereocenters. The minimum Gasteiger partial charge on any atom is -0.384 e. The normalized spacial score (nSPS) is 10.3. The lowest BCUT2D eigenvalue weighted by Crippen LogP contribution is -2.13. The molecule has 19 heavy (non-hydrogen) atoms. The van der Waals surface area contributed by atoms with E-state index in [0.29, 0.717) is 5.56 Å². The van der Waals surface area contributed by atoms with Gasteiger partial charge in [0.15, 0.2) is 0 Å². The highest BCUT2D eigenvalue weighted by Gasteiger charge is 2.08. The van der Waals surface area contributed by atoms with E-state index in [1.807, 2.05) is 25.2 Å². The first kappa shape index (κ1) is 13.6. The van der Waals surface area contributed by atoms with Crippen molar-refractivity contribution >= 4 is 33.1 Å². The van der Waals surface area contributed by atoms with Crippen LogP contribution < -0.4 is 10.6 Å². The van der Waals surface area contributed by atoms with Gasteiger partial charge in [-0.15, -0.1) is 0 Å². The maximum atomic E-state index is 7.48. The Morgan fingerprint density at radius 2 is 1.68 bits per heavy atom. The van der Waals surface area contributed by atoms with E-state index in [9.17, 15) is 0 Å². The maximum Gasteiger partial charge on any atom is 0.123 e. The van der Waals surface area contributed by atoms with Gasteiger partial charge >= 0.3 is 0 Å². The smallest absolute Gasteiger partial charge is 0.123 e. The van der Waals surface area contributed by atoms with Gasteiger partial charge in [-0.25, -0.2) is 0 Å². The number of anilines is 2. The summed E-state index contributed by atoms with van der Waals surface area (Å²) in [6, 6.07) is 14.1. The average Bonchev–Trinajstić information content (AvgIpc) is 2.38. The molecule has 0 aliphatic heterocycles. The van der Waals surface area contributed by atoms with Gasteiger partial charge in [0.25, 0.3) is 0 Å². The first-order valence-corrected chi connectivity index (χ1v) is 6.72. The van der Waals surface area contributed by atoms with Gasteiger partial charge < -0.3 is 10.6 Å². The largest absolute Gasteiger partial charge is 0.384 e. The second kappa shape index (κ2) is 5.45. The highest BCUT2D eigenvalue weighted by molar-refractivity contribution is 9.10. The molecule has 0 saturated heterocycles. The molecule has 2 rings (SSSR count). The topological polar surface area (TPSA) is 53.1 Å². The lowest BCUT2D eigenvalue weighted by atomic mass is 10.1. The van der Waals surface area contributed by atoms with Crippen molar-refractivity contribution < 1.29 is 0 Å². The number of halogens is 1. The first-order chi connectivity index (χ1) is 8.99. The fraction of sp³-hybridized carbons (Fsp3) is 0.133. The maximum absolute atomic E-state index is 7.48. The van der Waals surface area contributed by atoms with Crippen LogP contribution in [0.4, 0.5) is 11.4 Å². The number of nitrogen functional groups attached to an aromatic ring is 1. The van der Waals surface area contributed by atoms with Crippen molar-refractivity contribution in [2.75, 3.05) is 11.9 Å². The third-order valence-electron chi connectivity index (χ3n) is 3.05. The molecule has 2 aromatic carbocycles. The van der Waals surface area contributed by atoms with E-state index in [-0.39, 0.29) is 5.84 Å². The Morgan fingerprint density at radius 3 is 2.21 bits per heavy atom. The van der Waals surface area contributed by atoms with Crippen molar-refractivity contribution in [1.82, 2.24) is 0 Å². The predicted molar refractivity (Wildman–Crippen MR) is 84.4 cm³/mol. The van der Waals surface area contributed by atoms with Crippen LogP contribution in [0.3, 0.4) is 0 Å². The van der Waals surface area contributed by atoms with Gasteiger partial charge in [0, 0.05) is 28.5 Å². The minimum absolute atomic E-state index is 0.0661. The third-order valence-corrected chi connectivity index (χ3v) is 3.71. The highest BCUT2D eigenvalue weighted by Crippen LogP contribution is 2.28. The number of nitrogens with zero attached hydrogens (tertiary/aromatic N) is 1. The molecule has 3 N–H and O–H groups in total. The summed E-state index contributed by atoms with van der Waals surface area (Å²) in [5, 5.41) is 7.48. The summed E-state index contributed by atoms with van der Waals surface area (Å²) in [6.45, 7) is 2.07. The van der Waals surface area contributed by atoms with Crippen LogP contribution in [-0.4, -0.2) is 12.9 Å². The molecule has 0 aromatic heterocycles. The molecule has 0 bridgehead atoms. The lowest BCUT2D eigenvalue weighted by molar-refractivity contribution is 1.20. The molecule has 2 aromatic rings. The summed E-state index contributed by atoms with van der Waals surface area (Å²) < 4.78 is 0.830. The number of nitrogens with one attached hydrogen (secondary N) is 1. The van der Waals surface area contributed by atoms with E-state index < -0.39 is 0 Å². The molecule has 0 aliphatic rings.